The molecule has 0 amide bonds. The monoisotopic (exact) mass is 180 g/mol. The zero-order valence-electron chi connectivity index (χ0n) is 6.24. The largest absolute Gasteiger partial charge is 0.399 e. The van der Waals surface area contributed by atoms with Gasteiger partial charge in [0.1, 0.15) is 5.52 Å². The van der Waals surface area contributed by atoms with Gasteiger partial charge in [0.2, 0.25) is 0 Å². The summed E-state index contributed by atoms with van der Waals surface area (Å²) in [6.07, 6.45) is 0. The molecule has 1 aromatic carbocycles. The van der Waals surface area contributed by atoms with Crippen molar-refractivity contribution in [1.82, 2.24) is 4.98 Å². The molecule has 0 fully saturated rings. The van der Waals surface area contributed by atoms with Gasteiger partial charge >= 0.3 is 0 Å². The minimum Gasteiger partial charge on any atom is -0.399 e. The van der Waals surface area contributed by atoms with E-state index in [1.807, 2.05) is 6.07 Å². The van der Waals surface area contributed by atoms with E-state index in [4.69, 9.17) is 17.2 Å². The van der Waals surface area contributed by atoms with Gasteiger partial charge < -0.3 is 17.2 Å². The van der Waals surface area contributed by atoms with Crippen LogP contribution in [0.4, 0.5) is 16.5 Å². The lowest BCUT2D eigenvalue weighted by Crippen LogP contribution is -1.90. The predicted molar refractivity (Wildman–Crippen MR) is 52.9 cm³/mol. The van der Waals surface area contributed by atoms with Crippen molar-refractivity contribution in [2.45, 2.75) is 0 Å². The molecule has 2 aromatic rings. The zero-order chi connectivity index (χ0) is 8.72. The number of rotatable bonds is 0. The van der Waals surface area contributed by atoms with Crippen molar-refractivity contribution in [2.75, 3.05) is 17.2 Å². The molecule has 0 saturated carbocycles. The molecule has 5 heteroatoms. The highest BCUT2D eigenvalue weighted by molar-refractivity contribution is 7.22. The molecule has 0 aliphatic rings. The first kappa shape index (κ1) is 7.17. The van der Waals surface area contributed by atoms with Crippen LogP contribution in [0.5, 0.6) is 0 Å². The number of anilines is 3. The Balaban J connectivity index is 2.88. The molecule has 62 valence electrons. The maximum atomic E-state index is 5.68. The van der Waals surface area contributed by atoms with Crippen LogP contribution in [0.3, 0.4) is 0 Å². The van der Waals surface area contributed by atoms with Crippen molar-refractivity contribution in [2.24, 2.45) is 0 Å². The van der Waals surface area contributed by atoms with E-state index in [0.717, 1.165) is 10.2 Å². The molecule has 4 nitrogen and oxygen atoms in total. The molecule has 0 spiro atoms. The number of aromatic nitrogens is 1. The number of nitrogen functional groups attached to an aromatic ring is 3. The Labute approximate surface area is 73.0 Å². The highest BCUT2D eigenvalue weighted by atomic mass is 32.1. The highest BCUT2D eigenvalue weighted by Gasteiger charge is 2.04. The average Bonchev–Trinajstić information content (AvgIpc) is 2.29. The summed E-state index contributed by atoms with van der Waals surface area (Å²) in [5, 5.41) is 0.516. The van der Waals surface area contributed by atoms with Gasteiger partial charge in [-0.2, -0.15) is 0 Å². The van der Waals surface area contributed by atoms with Gasteiger partial charge in [-0.1, -0.05) is 11.3 Å². The van der Waals surface area contributed by atoms with Gasteiger partial charge in [-0.3, -0.25) is 0 Å². The summed E-state index contributed by atoms with van der Waals surface area (Å²) in [5.74, 6) is 0. The number of benzene rings is 1. The number of nitrogens with zero attached hydrogens (tertiary/aromatic N) is 1. The molecular formula is C7H8N4S. The van der Waals surface area contributed by atoms with Crippen LogP contribution in [0.15, 0.2) is 12.1 Å². The van der Waals surface area contributed by atoms with Gasteiger partial charge in [0.05, 0.1) is 10.4 Å². The molecule has 6 N–H and O–H groups in total. The third-order valence-electron chi connectivity index (χ3n) is 1.56. The van der Waals surface area contributed by atoms with Crippen LogP contribution in [-0.2, 0) is 0 Å². The summed E-state index contributed by atoms with van der Waals surface area (Å²) >= 11 is 1.39. The molecule has 1 aromatic heterocycles. The first-order chi connectivity index (χ1) is 5.66. The summed E-state index contributed by atoms with van der Waals surface area (Å²) in [7, 11) is 0. The number of thiazole rings is 1. The lowest BCUT2D eigenvalue weighted by atomic mass is 10.2. The minimum absolute atomic E-state index is 0.516. The third kappa shape index (κ3) is 0.947. The Morgan fingerprint density at radius 3 is 2.67 bits per heavy atom. The fourth-order valence-corrected chi connectivity index (χ4v) is 1.91. The third-order valence-corrected chi connectivity index (χ3v) is 2.39. The summed E-state index contributed by atoms with van der Waals surface area (Å²) in [5.41, 5.74) is 18.8. The van der Waals surface area contributed by atoms with Crippen molar-refractivity contribution in [1.29, 1.82) is 0 Å². The highest BCUT2D eigenvalue weighted by Crippen LogP contribution is 2.29. The quantitative estimate of drug-likeness (QED) is 0.528. The number of nitrogens with two attached hydrogens (primary N) is 3. The Bertz CT molecular complexity index is 434. The van der Waals surface area contributed by atoms with Crippen molar-refractivity contribution in [3.8, 4) is 0 Å². The lowest BCUT2D eigenvalue weighted by molar-refractivity contribution is 1.49. The van der Waals surface area contributed by atoms with Crippen LogP contribution in [0.25, 0.3) is 10.2 Å². The van der Waals surface area contributed by atoms with Crippen molar-refractivity contribution < 1.29 is 0 Å². The smallest absolute Gasteiger partial charge is 0.181 e. The standard InChI is InChI=1S/C7H8N4S/c8-3-1-4(9)6-5(2-3)12-7(10)11-6/h1-2H,8-9H2,(H2,10,11). The number of fused-ring (bicyclic) bond motifs is 1. The minimum atomic E-state index is 0.516. The van der Waals surface area contributed by atoms with Crippen LogP contribution in [-0.4, -0.2) is 4.98 Å². The van der Waals surface area contributed by atoms with E-state index in [9.17, 15) is 0 Å². The summed E-state index contributed by atoms with van der Waals surface area (Å²) in [6, 6.07) is 3.50. The summed E-state index contributed by atoms with van der Waals surface area (Å²) < 4.78 is 0.935. The number of hydrogen-bond acceptors (Lipinski definition) is 5. The maximum Gasteiger partial charge on any atom is 0.181 e. The van der Waals surface area contributed by atoms with Gasteiger partial charge in [-0.05, 0) is 12.1 Å². The van der Waals surface area contributed by atoms with Crippen LogP contribution < -0.4 is 17.2 Å². The Morgan fingerprint density at radius 2 is 1.92 bits per heavy atom. The van der Waals surface area contributed by atoms with E-state index in [1.165, 1.54) is 11.3 Å². The summed E-state index contributed by atoms with van der Waals surface area (Å²) in [4.78, 5) is 4.07. The molecule has 0 aliphatic carbocycles. The number of hydrogen-bond donors (Lipinski definition) is 3. The fraction of sp³-hybridized carbons (Fsp3) is 0. The molecule has 1 heterocycles. The van der Waals surface area contributed by atoms with E-state index in [2.05, 4.69) is 4.98 Å². The molecule has 2 rings (SSSR count). The van der Waals surface area contributed by atoms with E-state index >= 15 is 0 Å². The average molecular weight is 180 g/mol. The maximum absolute atomic E-state index is 5.68. The van der Waals surface area contributed by atoms with E-state index in [0.29, 0.717) is 16.5 Å². The van der Waals surface area contributed by atoms with Crippen LogP contribution in [0.2, 0.25) is 0 Å². The van der Waals surface area contributed by atoms with E-state index in [1.54, 1.807) is 6.07 Å². The van der Waals surface area contributed by atoms with Crippen LogP contribution in [0, 0.1) is 0 Å². The van der Waals surface area contributed by atoms with E-state index in [-0.39, 0.29) is 0 Å². The second-order valence-electron chi connectivity index (χ2n) is 2.51. The Hall–Kier alpha value is -1.49. The first-order valence-corrected chi connectivity index (χ1v) is 4.19. The summed E-state index contributed by atoms with van der Waals surface area (Å²) in [6.45, 7) is 0. The van der Waals surface area contributed by atoms with Crippen molar-refractivity contribution in [3.63, 3.8) is 0 Å². The van der Waals surface area contributed by atoms with Gasteiger partial charge in [0.25, 0.3) is 0 Å². The van der Waals surface area contributed by atoms with Gasteiger partial charge in [-0.25, -0.2) is 4.98 Å². The molecule has 0 unspecified atom stereocenters. The molecule has 0 atom stereocenters. The first-order valence-electron chi connectivity index (χ1n) is 3.38. The van der Waals surface area contributed by atoms with Gasteiger partial charge in [0.15, 0.2) is 5.13 Å². The topological polar surface area (TPSA) is 91.0 Å². The molecule has 0 aliphatic heterocycles. The van der Waals surface area contributed by atoms with Crippen LogP contribution >= 0.6 is 11.3 Å². The Morgan fingerprint density at radius 1 is 1.17 bits per heavy atom. The molecule has 12 heavy (non-hydrogen) atoms. The lowest BCUT2D eigenvalue weighted by Gasteiger charge is -1.95. The van der Waals surface area contributed by atoms with Gasteiger partial charge in [-0.15, -0.1) is 0 Å². The predicted octanol–water partition coefficient (Wildman–Crippen LogP) is 1.04. The fourth-order valence-electron chi connectivity index (χ4n) is 1.09. The zero-order valence-corrected chi connectivity index (χ0v) is 7.06. The van der Waals surface area contributed by atoms with Crippen molar-refractivity contribution >= 4 is 38.1 Å². The van der Waals surface area contributed by atoms with E-state index < -0.39 is 0 Å². The Kier molecular flexibility index (Phi) is 1.34. The molecular weight excluding hydrogens is 172 g/mol. The molecule has 0 bridgehead atoms. The SMILES string of the molecule is Nc1cc(N)c2nc(N)sc2c1. The van der Waals surface area contributed by atoms with Crippen molar-refractivity contribution in [3.05, 3.63) is 12.1 Å². The van der Waals surface area contributed by atoms with Gasteiger partial charge in [0, 0.05) is 5.69 Å². The molecule has 0 radical (unpaired) electrons. The second kappa shape index (κ2) is 2.25. The second-order valence-corrected chi connectivity index (χ2v) is 3.57. The normalized spacial score (nSPS) is 10.7. The van der Waals surface area contributed by atoms with Crippen LogP contribution in [0.1, 0.15) is 0 Å². The molecule has 0 saturated heterocycles.